The van der Waals surface area contributed by atoms with Gasteiger partial charge in [0.2, 0.25) is 5.91 Å². The first-order chi connectivity index (χ1) is 16.2. The minimum absolute atomic E-state index is 0.0275. The topological polar surface area (TPSA) is 62.3 Å². The number of amides is 2. The molecule has 2 heterocycles. The summed E-state index contributed by atoms with van der Waals surface area (Å²) in [7, 11) is 0. The quantitative estimate of drug-likeness (QED) is 0.607. The summed E-state index contributed by atoms with van der Waals surface area (Å²) in [6.45, 7) is 0.554. The Balaban J connectivity index is 1.51. The molecule has 1 saturated carbocycles. The molecule has 1 aromatic heterocycles. The minimum atomic E-state index is -0.473. The second-order valence-electron chi connectivity index (χ2n) is 8.97. The molecule has 0 saturated heterocycles. The molecule has 0 bridgehead atoms. The number of fused-ring (bicyclic) bond motifs is 1. The second-order valence-corrected chi connectivity index (χ2v) is 8.97. The largest absolute Gasteiger partial charge is 0.355 e. The molecular weight excluding hydrogens is 410 g/mol. The summed E-state index contributed by atoms with van der Waals surface area (Å²) < 4.78 is 0. The van der Waals surface area contributed by atoms with Crippen LogP contribution in [0.25, 0.3) is 0 Å². The maximum atomic E-state index is 13.7. The SMILES string of the molecule is O=C(NCCc1ccccc1)[C@@H]1c2ccccc2C(=O)N(C2CCCC2)[C@H]1c1cccnc1. The van der Waals surface area contributed by atoms with Gasteiger partial charge in [-0.05, 0) is 48.1 Å². The molecule has 168 valence electrons. The van der Waals surface area contributed by atoms with Crippen molar-refractivity contribution in [1.29, 1.82) is 0 Å². The summed E-state index contributed by atoms with van der Waals surface area (Å²) in [5, 5.41) is 3.17. The van der Waals surface area contributed by atoms with Gasteiger partial charge in [0, 0.05) is 30.5 Å². The van der Waals surface area contributed by atoms with E-state index in [1.807, 2.05) is 59.5 Å². The van der Waals surface area contributed by atoms with Gasteiger partial charge in [-0.3, -0.25) is 14.6 Å². The summed E-state index contributed by atoms with van der Waals surface area (Å²) in [6, 6.07) is 21.4. The molecule has 33 heavy (non-hydrogen) atoms. The van der Waals surface area contributed by atoms with Crippen LogP contribution < -0.4 is 5.32 Å². The Morgan fingerprint density at radius 3 is 2.48 bits per heavy atom. The Labute approximate surface area is 194 Å². The number of hydrogen-bond acceptors (Lipinski definition) is 3. The highest BCUT2D eigenvalue weighted by atomic mass is 16.2. The highest BCUT2D eigenvalue weighted by molar-refractivity contribution is 6.01. The van der Waals surface area contributed by atoms with Crippen LogP contribution in [0.3, 0.4) is 0 Å². The first kappa shape index (κ1) is 21.4. The lowest BCUT2D eigenvalue weighted by Gasteiger charge is -2.44. The van der Waals surface area contributed by atoms with Gasteiger partial charge >= 0.3 is 0 Å². The van der Waals surface area contributed by atoms with E-state index in [1.54, 1.807) is 12.4 Å². The molecule has 3 aromatic rings. The van der Waals surface area contributed by atoms with E-state index in [-0.39, 0.29) is 23.9 Å². The lowest BCUT2D eigenvalue weighted by Crippen LogP contribution is -2.51. The predicted octanol–water partition coefficient (Wildman–Crippen LogP) is 4.66. The summed E-state index contributed by atoms with van der Waals surface area (Å²) >= 11 is 0. The summed E-state index contributed by atoms with van der Waals surface area (Å²) in [5.74, 6) is -0.484. The Morgan fingerprint density at radius 1 is 0.970 bits per heavy atom. The minimum Gasteiger partial charge on any atom is -0.355 e. The first-order valence-corrected chi connectivity index (χ1v) is 11.9. The molecule has 2 aromatic carbocycles. The molecule has 2 amide bonds. The van der Waals surface area contributed by atoms with Crippen molar-refractivity contribution in [2.45, 2.75) is 50.1 Å². The third kappa shape index (κ3) is 4.28. The van der Waals surface area contributed by atoms with Crippen LogP contribution in [0.15, 0.2) is 79.1 Å². The molecule has 0 unspecified atom stereocenters. The number of nitrogens with one attached hydrogen (secondary N) is 1. The number of hydrogen-bond donors (Lipinski definition) is 1. The van der Waals surface area contributed by atoms with E-state index in [1.165, 1.54) is 5.56 Å². The fraction of sp³-hybridized carbons (Fsp3) is 0.321. The molecule has 1 N–H and O–H groups in total. The third-order valence-electron chi connectivity index (χ3n) is 6.96. The summed E-state index contributed by atoms with van der Waals surface area (Å²) in [6.07, 6.45) is 8.49. The van der Waals surface area contributed by atoms with Crippen molar-refractivity contribution in [3.05, 3.63) is 101 Å². The highest BCUT2D eigenvalue weighted by Gasteiger charge is 2.46. The Bertz CT molecular complexity index is 1110. The molecule has 0 radical (unpaired) electrons. The number of carbonyl (C=O) groups is 2. The van der Waals surface area contributed by atoms with E-state index in [4.69, 9.17) is 0 Å². The zero-order valence-corrected chi connectivity index (χ0v) is 18.7. The monoisotopic (exact) mass is 439 g/mol. The second kappa shape index (κ2) is 9.57. The van der Waals surface area contributed by atoms with Crippen LogP contribution in [0.4, 0.5) is 0 Å². The van der Waals surface area contributed by atoms with Crippen molar-refractivity contribution >= 4 is 11.8 Å². The van der Waals surface area contributed by atoms with E-state index in [2.05, 4.69) is 22.4 Å². The summed E-state index contributed by atoms with van der Waals surface area (Å²) in [5.41, 5.74) is 3.56. The number of benzene rings is 2. The van der Waals surface area contributed by atoms with Crippen molar-refractivity contribution < 1.29 is 9.59 Å². The average Bonchev–Trinajstić information content (AvgIpc) is 3.39. The molecule has 1 aliphatic carbocycles. The summed E-state index contributed by atoms with van der Waals surface area (Å²) in [4.78, 5) is 33.8. The van der Waals surface area contributed by atoms with Crippen LogP contribution >= 0.6 is 0 Å². The molecule has 1 aliphatic heterocycles. The normalized spacial score (nSPS) is 20.5. The van der Waals surface area contributed by atoms with Gasteiger partial charge in [-0.2, -0.15) is 0 Å². The number of pyridine rings is 1. The van der Waals surface area contributed by atoms with Gasteiger partial charge in [0.05, 0.1) is 12.0 Å². The van der Waals surface area contributed by atoms with E-state index in [9.17, 15) is 9.59 Å². The fourth-order valence-electron chi connectivity index (χ4n) is 5.41. The molecule has 5 nitrogen and oxygen atoms in total. The van der Waals surface area contributed by atoms with Crippen LogP contribution in [0, 0.1) is 0 Å². The van der Waals surface area contributed by atoms with Crippen LogP contribution in [0.1, 0.15) is 64.7 Å². The van der Waals surface area contributed by atoms with Gasteiger partial charge in [-0.15, -0.1) is 0 Å². The Kier molecular flexibility index (Phi) is 6.20. The molecule has 5 heteroatoms. The van der Waals surface area contributed by atoms with Crippen molar-refractivity contribution in [2.24, 2.45) is 0 Å². The maximum absolute atomic E-state index is 13.7. The number of rotatable bonds is 6. The first-order valence-electron chi connectivity index (χ1n) is 11.9. The van der Waals surface area contributed by atoms with Gasteiger partial charge in [0.1, 0.15) is 0 Å². The van der Waals surface area contributed by atoms with Crippen molar-refractivity contribution in [2.75, 3.05) is 6.54 Å². The predicted molar refractivity (Wildman–Crippen MR) is 128 cm³/mol. The van der Waals surface area contributed by atoms with Gasteiger partial charge < -0.3 is 10.2 Å². The molecule has 5 rings (SSSR count). The van der Waals surface area contributed by atoms with Crippen molar-refractivity contribution in [3.63, 3.8) is 0 Å². The van der Waals surface area contributed by atoms with Crippen LogP contribution in [-0.4, -0.2) is 34.3 Å². The van der Waals surface area contributed by atoms with Gasteiger partial charge in [0.25, 0.3) is 5.91 Å². The number of carbonyl (C=O) groups excluding carboxylic acids is 2. The molecule has 0 spiro atoms. The lowest BCUT2D eigenvalue weighted by molar-refractivity contribution is -0.124. The number of nitrogens with zero attached hydrogens (tertiary/aromatic N) is 2. The molecule has 2 aliphatic rings. The lowest BCUT2D eigenvalue weighted by atomic mass is 9.78. The van der Waals surface area contributed by atoms with E-state index >= 15 is 0 Å². The Morgan fingerprint density at radius 2 is 1.73 bits per heavy atom. The van der Waals surface area contributed by atoms with Gasteiger partial charge in [-0.1, -0.05) is 67.4 Å². The zero-order valence-electron chi connectivity index (χ0n) is 18.7. The fourth-order valence-corrected chi connectivity index (χ4v) is 5.41. The van der Waals surface area contributed by atoms with E-state index in [0.717, 1.165) is 43.2 Å². The molecule has 2 atom stereocenters. The van der Waals surface area contributed by atoms with Crippen LogP contribution in [0.2, 0.25) is 0 Å². The van der Waals surface area contributed by atoms with Gasteiger partial charge in [-0.25, -0.2) is 0 Å². The zero-order chi connectivity index (χ0) is 22.6. The molecule has 1 fully saturated rings. The number of aromatic nitrogens is 1. The van der Waals surface area contributed by atoms with E-state index in [0.29, 0.717) is 12.1 Å². The van der Waals surface area contributed by atoms with Crippen LogP contribution in [-0.2, 0) is 11.2 Å². The van der Waals surface area contributed by atoms with Gasteiger partial charge in [0.15, 0.2) is 0 Å². The average molecular weight is 440 g/mol. The third-order valence-corrected chi connectivity index (χ3v) is 6.96. The van der Waals surface area contributed by atoms with E-state index < -0.39 is 5.92 Å². The smallest absolute Gasteiger partial charge is 0.254 e. The highest BCUT2D eigenvalue weighted by Crippen LogP contribution is 2.45. The standard InChI is InChI=1S/C28H29N3O2/c32-27(30-18-16-20-9-2-1-3-10-20)25-23-14-6-7-15-24(23)28(33)31(22-12-4-5-13-22)26(25)21-11-8-17-29-19-21/h1-3,6-11,14-15,17,19,22,25-26H,4-5,12-13,16,18H2,(H,30,32)/t25-,26+/m1/s1. The Hall–Kier alpha value is -3.47. The van der Waals surface area contributed by atoms with Crippen molar-refractivity contribution in [3.8, 4) is 0 Å². The maximum Gasteiger partial charge on any atom is 0.254 e. The molecular formula is C28H29N3O2. The van der Waals surface area contributed by atoms with Crippen molar-refractivity contribution in [1.82, 2.24) is 15.2 Å². The van der Waals surface area contributed by atoms with Crippen LogP contribution in [0.5, 0.6) is 0 Å².